The van der Waals surface area contributed by atoms with E-state index in [0.29, 0.717) is 0 Å². The molecular weight excluding hydrogens is 431 g/mol. The summed E-state index contributed by atoms with van der Waals surface area (Å²) in [6.07, 6.45) is 0. The molecule has 0 aromatic rings. The molecule has 0 atom stereocenters. The van der Waals surface area contributed by atoms with Crippen molar-refractivity contribution in [3.05, 3.63) is 0 Å². The predicted molar refractivity (Wildman–Crippen MR) is 43.0 cm³/mol. The fourth-order valence-corrected chi connectivity index (χ4v) is 0. The zero-order valence-corrected chi connectivity index (χ0v) is 14.0. The van der Waals surface area contributed by atoms with Gasteiger partial charge in [-0.25, -0.2) is 0 Å². The molecule has 14 nitrogen and oxygen atoms in total. The zero-order valence-electron chi connectivity index (χ0n) is 10.3. The molecule has 0 fully saturated rings. The van der Waals surface area contributed by atoms with Crippen molar-refractivity contribution < 1.29 is 104 Å². The van der Waals surface area contributed by atoms with Crippen molar-refractivity contribution in [1.82, 2.24) is 0 Å². The van der Waals surface area contributed by atoms with Crippen molar-refractivity contribution >= 4 is 58.9 Å². The number of rotatable bonds is 0. The first kappa shape index (κ1) is 49.6. The van der Waals surface area contributed by atoms with E-state index in [1.807, 2.05) is 0 Å². The Morgan fingerprint density at radius 3 is 0.478 bits per heavy atom. The number of carbonyl (C=O) groups is 6. The maximum Gasteiger partial charge on any atom is 2.00 e. The summed E-state index contributed by atoms with van der Waals surface area (Å²) >= 11 is 0. The molecule has 0 bridgehead atoms. The van der Waals surface area contributed by atoms with Crippen LogP contribution in [0, 0.1) is 0 Å². The number of hydrogen-bond acceptors (Lipinski definition) is 12. The molecule has 0 rings (SSSR count). The maximum atomic E-state index is 8.93. The average Bonchev–Trinajstić information content (AvgIpc) is 2.18. The van der Waals surface area contributed by atoms with Crippen LogP contribution < -0.4 is 30.6 Å². The van der Waals surface area contributed by atoms with Crippen LogP contribution in [0.1, 0.15) is 0 Å². The van der Waals surface area contributed by atoms with E-state index in [4.69, 9.17) is 59.4 Å². The number of hydrogen-bond donors (Lipinski definition) is 0. The Balaban J connectivity index is -0.0000000221. The van der Waals surface area contributed by atoms with E-state index in [9.17, 15) is 0 Å². The molecule has 0 saturated carbocycles. The first-order valence-corrected chi connectivity index (χ1v) is 3.20. The third-order valence-corrected chi connectivity index (χ3v) is 0.500. The minimum Gasteiger partial charge on any atom is -0.543 e. The van der Waals surface area contributed by atoms with Crippen LogP contribution in [0.2, 0.25) is 0 Å². The first-order chi connectivity index (χ1) is 7.93. The summed E-state index contributed by atoms with van der Waals surface area (Å²) in [5.74, 6) is -13.1. The Hall–Kier alpha value is -1.45. The second kappa shape index (κ2) is 28.7. The van der Waals surface area contributed by atoms with Gasteiger partial charge >= 0.3 is 57.2 Å². The van der Waals surface area contributed by atoms with Crippen molar-refractivity contribution in [2.24, 2.45) is 0 Å². The van der Waals surface area contributed by atoms with Gasteiger partial charge in [0.15, 0.2) is 0 Å². The molecule has 4 N–H and O–H groups in total. The van der Waals surface area contributed by atoms with Crippen LogP contribution in [-0.2, 0) is 62.9 Å². The molecule has 0 aliphatic rings. The topological polar surface area (TPSA) is 304 Å². The van der Waals surface area contributed by atoms with Crippen LogP contribution in [0.25, 0.3) is 0 Å². The largest absolute Gasteiger partial charge is 2.00 e. The SMILES string of the molecule is O.O.O=C([O-])C(=O)[O-].O=C([O-])C(=O)[O-].O=C([O-])C(=O)[O-].[Fe+2].[Mg+2].[Mn+2]. The first-order valence-electron chi connectivity index (χ1n) is 3.20. The number of carboxylic acids is 6. The molecule has 0 heterocycles. The fourth-order valence-electron chi connectivity index (χ4n) is 0. The summed E-state index contributed by atoms with van der Waals surface area (Å²) < 4.78 is 0. The smallest absolute Gasteiger partial charge is 0.543 e. The van der Waals surface area contributed by atoms with E-state index in [2.05, 4.69) is 0 Å². The van der Waals surface area contributed by atoms with E-state index in [-0.39, 0.29) is 68.1 Å². The summed E-state index contributed by atoms with van der Waals surface area (Å²) in [4.78, 5) is 53.6. The van der Waals surface area contributed by atoms with E-state index >= 15 is 0 Å². The van der Waals surface area contributed by atoms with Gasteiger partial charge in [0.05, 0.1) is 35.8 Å². The van der Waals surface area contributed by atoms with Gasteiger partial charge in [-0.2, -0.15) is 0 Å². The minimum absolute atomic E-state index is 0. The van der Waals surface area contributed by atoms with Crippen LogP contribution in [0.3, 0.4) is 0 Å². The fraction of sp³-hybridized carbons (Fsp3) is 0. The number of carbonyl (C=O) groups excluding carboxylic acids is 6. The molecule has 0 spiro atoms. The zero-order chi connectivity index (χ0) is 15.5. The summed E-state index contributed by atoms with van der Waals surface area (Å²) in [5, 5.41) is 53.6. The van der Waals surface area contributed by atoms with Crippen LogP contribution in [-0.4, -0.2) is 69.8 Å². The summed E-state index contributed by atoms with van der Waals surface area (Å²) in [6.45, 7) is 0. The molecule has 0 aliphatic carbocycles. The molecule has 0 unspecified atom stereocenters. The van der Waals surface area contributed by atoms with Crippen LogP contribution in [0.5, 0.6) is 0 Å². The minimum atomic E-state index is -2.19. The monoisotopic (exact) mass is 435 g/mol. The Kier molecular flexibility index (Phi) is 61.8. The molecule has 17 heteroatoms. The van der Waals surface area contributed by atoms with E-state index in [1.54, 1.807) is 0 Å². The standard InChI is InChI=1S/3C2H2O4.Fe.Mg.Mn.2H2O/c3*3-1(4)2(5)6;;;;;/h3*(H,3,4)(H,5,6);;;;2*1H2/q;;;3*+2;;/p-6. The van der Waals surface area contributed by atoms with Crippen molar-refractivity contribution in [3.63, 3.8) is 0 Å². The van der Waals surface area contributed by atoms with Crippen molar-refractivity contribution in [1.29, 1.82) is 0 Å². The van der Waals surface area contributed by atoms with Crippen molar-refractivity contribution in [3.8, 4) is 0 Å². The van der Waals surface area contributed by atoms with Crippen LogP contribution >= 0.6 is 0 Å². The van der Waals surface area contributed by atoms with Crippen molar-refractivity contribution in [2.75, 3.05) is 0 Å². The maximum absolute atomic E-state index is 8.93. The van der Waals surface area contributed by atoms with Gasteiger partial charge in [0.25, 0.3) is 0 Å². The molecule has 1 radical (unpaired) electrons. The second-order valence-electron chi connectivity index (χ2n) is 1.72. The summed E-state index contributed by atoms with van der Waals surface area (Å²) in [6, 6.07) is 0. The Morgan fingerprint density at radius 1 is 0.435 bits per heavy atom. The Morgan fingerprint density at radius 2 is 0.478 bits per heavy atom. The molecule has 23 heavy (non-hydrogen) atoms. The van der Waals surface area contributed by atoms with Crippen molar-refractivity contribution in [2.45, 2.75) is 0 Å². The molecule has 0 aliphatic heterocycles. The third kappa shape index (κ3) is 63.5. The number of carboxylic acid groups (broad SMARTS) is 6. The Bertz CT molecular complexity index is 290. The van der Waals surface area contributed by atoms with Gasteiger partial charge in [0.1, 0.15) is 0 Å². The Labute approximate surface area is 163 Å². The molecule has 0 aromatic heterocycles. The molecule has 0 amide bonds. The molecular formula is C6H4FeMgMnO14. The second-order valence-corrected chi connectivity index (χ2v) is 1.72. The van der Waals surface area contributed by atoms with Crippen LogP contribution in [0.4, 0.5) is 0 Å². The normalized spacial score (nSPS) is 5.74. The van der Waals surface area contributed by atoms with E-state index in [1.165, 1.54) is 0 Å². The molecule has 0 aromatic carbocycles. The van der Waals surface area contributed by atoms with Gasteiger partial charge in [0, 0.05) is 0 Å². The summed E-state index contributed by atoms with van der Waals surface area (Å²) in [7, 11) is 0. The third-order valence-electron chi connectivity index (χ3n) is 0.500. The van der Waals surface area contributed by atoms with Gasteiger partial charge < -0.3 is 70.4 Å². The van der Waals surface area contributed by atoms with Gasteiger partial charge in [0.2, 0.25) is 0 Å². The molecule has 0 saturated heterocycles. The average molecular weight is 435 g/mol. The number of aliphatic carboxylic acids is 6. The van der Waals surface area contributed by atoms with E-state index in [0.717, 1.165) is 0 Å². The van der Waals surface area contributed by atoms with Gasteiger partial charge in [-0.15, -0.1) is 0 Å². The van der Waals surface area contributed by atoms with Crippen LogP contribution in [0.15, 0.2) is 0 Å². The quantitative estimate of drug-likeness (QED) is 0.253. The predicted octanol–water partition coefficient (Wildman–Crippen LogP) is -12.6. The summed E-state index contributed by atoms with van der Waals surface area (Å²) in [5.41, 5.74) is 0. The van der Waals surface area contributed by atoms with Gasteiger partial charge in [-0.3, -0.25) is 0 Å². The van der Waals surface area contributed by atoms with E-state index < -0.39 is 35.8 Å². The van der Waals surface area contributed by atoms with Gasteiger partial charge in [-0.05, 0) is 0 Å². The van der Waals surface area contributed by atoms with Gasteiger partial charge in [-0.1, -0.05) is 0 Å². The molecule has 129 valence electrons.